The monoisotopic (exact) mass is 532 g/mol. The number of carbonyl (C=O) groups is 2. The lowest BCUT2D eigenvalue weighted by molar-refractivity contribution is 0.0600. The number of amides is 1. The SMILES string of the molecule is COC(=O)c1ccc(N2CCN(Cc3ccccc3)CC2)c(NC(=S)NC(=O)c2ccc3c(c2)OCO3)c1. The van der Waals surface area contributed by atoms with Crippen LogP contribution in [0, 0.1) is 0 Å². The first-order valence-electron chi connectivity index (χ1n) is 12.3. The van der Waals surface area contributed by atoms with Crippen molar-refractivity contribution in [2.75, 3.05) is 50.3 Å². The van der Waals surface area contributed by atoms with Crippen molar-refractivity contribution < 1.29 is 23.8 Å². The van der Waals surface area contributed by atoms with Crippen LogP contribution in [0.4, 0.5) is 11.4 Å². The van der Waals surface area contributed by atoms with Gasteiger partial charge in [-0.2, -0.15) is 0 Å². The van der Waals surface area contributed by atoms with Gasteiger partial charge in [-0.05, 0) is 54.2 Å². The van der Waals surface area contributed by atoms with Crippen molar-refractivity contribution in [3.63, 3.8) is 0 Å². The molecule has 1 saturated heterocycles. The first-order chi connectivity index (χ1) is 18.5. The minimum atomic E-state index is -0.456. The molecule has 196 valence electrons. The first-order valence-corrected chi connectivity index (χ1v) is 12.7. The molecular formula is C28H28N4O5S. The molecule has 0 spiro atoms. The van der Waals surface area contributed by atoms with Crippen molar-refractivity contribution in [2.24, 2.45) is 0 Å². The van der Waals surface area contributed by atoms with E-state index in [-0.39, 0.29) is 17.8 Å². The number of esters is 1. The van der Waals surface area contributed by atoms with Crippen LogP contribution in [0.3, 0.4) is 0 Å². The van der Waals surface area contributed by atoms with Gasteiger partial charge in [0.15, 0.2) is 16.6 Å². The third-order valence-electron chi connectivity index (χ3n) is 6.49. The normalized spacial score (nSPS) is 14.6. The number of carbonyl (C=O) groups excluding carboxylic acids is 2. The van der Waals surface area contributed by atoms with E-state index in [1.54, 1.807) is 30.3 Å². The van der Waals surface area contributed by atoms with E-state index in [4.69, 9.17) is 26.4 Å². The molecule has 0 saturated carbocycles. The molecule has 2 aliphatic rings. The molecule has 38 heavy (non-hydrogen) atoms. The minimum Gasteiger partial charge on any atom is -0.465 e. The Kier molecular flexibility index (Phi) is 7.71. The van der Waals surface area contributed by atoms with Crippen LogP contribution in [-0.4, -0.2) is 62.0 Å². The number of nitrogens with one attached hydrogen (secondary N) is 2. The van der Waals surface area contributed by atoms with E-state index in [0.717, 1.165) is 38.4 Å². The smallest absolute Gasteiger partial charge is 0.337 e. The predicted molar refractivity (Wildman–Crippen MR) is 148 cm³/mol. The van der Waals surface area contributed by atoms with Gasteiger partial charge in [0.2, 0.25) is 6.79 Å². The van der Waals surface area contributed by atoms with E-state index in [1.165, 1.54) is 12.7 Å². The summed E-state index contributed by atoms with van der Waals surface area (Å²) < 4.78 is 15.6. The van der Waals surface area contributed by atoms with Gasteiger partial charge in [0, 0.05) is 38.3 Å². The number of nitrogens with zero attached hydrogens (tertiary/aromatic N) is 2. The number of hydrogen-bond acceptors (Lipinski definition) is 8. The van der Waals surface area contributed by atoms with Crippen molar-refractivity contribution in [3.05, 3.63) is 83.4 Å². The molecule has 1 amide bonds. The minimum absolute atomic E-state index is 0.110. The van der Waals surface area contributed by atoms with Gasteiger partial charge >= 0.3 is 5.97 Å². The summed E-state index contributed by atoms with van der Waals surface area (Å²) in [6, 6.07) is 20.6. The summed E-state index contributed by atoms with van der Waals surface area (Å²) in [6.07, 6.45) is 0. The third-order valence-corrected chi connectivity index (χ3v) is 6.69. The second kappa shape index (κ2) is 11.5. The van der Waals surface area contributed by atoms with Crippen LogP contribution in [0.2, 0.25) is 0 Å². The molecule has 0 radical (unpaired) electrons. The number of methoxy groups -OCH3 is 1. The highest BCUT2D eigenvalue weighted by Crippen LogP contribution is 2.32. The van der Waals surface area contributed by atoms with E-state index >= 15 is 0 Å². The van der Waals surface area contributed by atoms with Crippen LogP contribution in [0.1, 0.15) is 26.3 Å². The highest BCUT2D eigenvalue weighted by atomic mass is 32.1. The van der Waals surface area contributed by atoms with Crippen LogP contribution in [0.5, 0.6) is 11.5 Å². The summed E-state index contributed by atoms with van der Waals surface area (Å²) in [5, 5.41) is 5.93. The van der Waals surface area contributed by atoms with E-state index in [1.807, 2.05) is 12.1 Å². The van der Waals surface area contributed by atoms with Crippen LogP contribution in [0.15, 0.2) is 66.7 Å². The summed E-state index contributed by atoms with van der Waals surface area (Å²) in [5.74, 6) is 0.259. The second-order valence-electron chi connectivity index (χ2n) is 8.95. The summed E-state index contributed by atoms with van der Waals surface area (Å²) in [7, 11) is 1.34. The molecule has 0 bridgehead atoms. The molecule has 2 N–H and O–H groups in total. The van der Waals surface area contributed by atoms with Crippen molar-refractivity contribution in [3.8, 4) is 11.5 Å². The number of thiocarbonyl (C=S) groups is 1. The van der Waals surface area contributed by atoms with Crippen molar-refractivity contribution in [2.45, 2.75) is 6.54 Å². The van der Waals surface area contributed by atoms with Crippen LogP contribution >= 0.6 is 12.2 Å². The molecule has 0 atom stereocenters. The lowest BCUT2D eigenvalue weighted by atomic mass is 10.1. The molecule has 2 aliphatic heterocycles. The van der Waals surface area contributed by atoms with Gasteiger partial charge in [-0.15, -0.1) is 0 Å². The summed E-state index contributed by atoms with van der Waals surface area (Å²) in [6.45, 7) is 4.40. The predicted octanol–water partition coefficient (Wildman–Crippen LogP) is 3.65. The van der Waals surface area contributed by atoms with Gasteiger partial charge in [0.25, 0.3) is 5.91 Å². The largest absolute Gasteiger partial charge is 0.465 e. The summed E-state index contributed by atoms with van der Waals surface area (Å²) in [5.41, 5.74) is 3.55. The molecule has 0 unspecified atom stereocenters. The quantitative estimate of drug-likeness (QED) is 0.365. The van der Waals surface area contributed by atoms with Gasteiger partial charge in [-0.25, -0.2) is 4.79 Å². The van der Waals surface area contributed by atoms with Gasteiger partial charge < -0.3 is 24.4 Å². The number of hydrogen-bond donors (Lipinski definition) is 2. The Morgan fingerprint density at radius 2 is 1.66 bits per heavy atom. The lowest BCUT2D eigenvalue weighted by Gasteiger charge is -2.37. The highest BCUT2D eigenvalue weighted by molar-refractivity contribution is 7.80. The molecule has 9 nitrogen and oxygen atoms in total. The molecule has 0 aromatic heterocycles. The second-order valence-corrected chi connectivity index (χ2v) is 9.36. The van der Waals surface area contributed by atoms with E-state index in [0.29, 0.717) is 28.3 Å². The Balaban J connectivity index is 1.28. The molecular weight excluding hydrogens is 504 g/mol. The van der Waals surface area contributed by atoms with Crippen LogP contribution in [-0.2, 0) is 11.3 Å². The zero-order valence-corrected chi connectivity index (χ0v) is 21.8. The maximum Gasteiger partial charge on any atom is 0.337 e. The van der Waals surface area contributed by atoms with Crippen molar-refractivity contribution in [1.82, 2.24) is 10.2 Å². The zero-order valence-electron chi connectivity index (χ0n) is 20.9. The standard InChI is InChI=1S/C28H28N4O5S/c1-35-27(34)21-7-9-23(32-13-11-31(12-14-32)17-19-5-3-2-4-6-19)22(15-21)29-28(38)30-26(33)20-8-10-24-25(16-20)37-18-36-24/h2-10,15-16H,11-14,17-18H2,1H3,(H2,29,30,33,38). The van der Waals surface area contributed by atoms with Crippen molar-refractivity contribution >= 4 is 40.6 Å². The Labute approximate surface area is 226 Å². The van der Waals surface area contributed by atoms with Crippen LogP contribution < -0.4 is 25.0 Å². The Morgan fingerprint density at radius 3 is 2.42 bits per heavy atom. The third kappa shape index (κ3) is 5.87. The molecule has 1 fully saturated rings. The van der Waals surface area contributed by atoms with Crippen LogP contribution in [0.25, 0.3) is 0 Å². The first kappa shape index (κ1) is 25.5. The number of rotatable bonds is 6. The van der Waals surface area contributed by atoms with E-state index < -0.39 is 5.97 Å². The van der Waals surface area contributed by atoms with Crippen molar-refractivity contribution in [1.29, 1.82) is 0 Å². The average Bonchev–Trinajstić information content (AvgIpc) is 3.42. The fourth-order valence-electron chi connectivity index (χ4n) is 4.51. The maximum atomic E-state index is 12.8. The summed E-state index contributed by atoms with van der Waals surface area (Å²) in [4.78, 5) is 29.7. The van der Waals surface area contributed by atoms with Gasteiger partial charge in [0.05, 0.1) is 24.0 Å². The Bertz CT molecular complexity index is 1340. The van der Waals surface area contributed by atoms with Gasteiger partial charge in [-0.1, -0.05) is 30.3 Å². The molecule has 2 heterocycles. The zero-order chi connectivity index (χ0) is 26.5. The molecule has 10 heteroatoms. The topological polar surface area (TPSA) is 92.4 Å². The fourth-order valence-corrected chi connectivity index (χ4v) is 4.71. The molecule has 5 rings (SSSR count). The fraction of sp³-hybridized carbons (Fsp3) is 0.250. The molecule has 3 aromatic rings. The summed E-state index contributed by atoms with van der Waals surface area (Å²) >= 11 is 5.46. The Morgan fingerprint density at radius 1 is 0.921 bits per heavy atom. The molecule has 0 aliphatic carbocycles. The number of benzene rings is 3. The lowest BCUT2D eigenvalue weighted by Crippen LogP contribution is -2.46. The number of ether oxygens (including phenoxy) is 3. The van der Waals surface area contributed by atoms with E-state index in [2.05, 4.69) is 44.7 Å². The van der Waals surface area contributed by atoms with Gasteiger partial charge in [-0.3, -0.25) is 15.0 Å². The maximum absolute atomic E-state index is 12.8. The Hall–Kier alpha value is -4.15. The van der Waals surface area contributed by atoms with E-state index in [9.17, 15) is 9.59 Å². The number of fused-ring (bicyclic) bond motifs is 1. The van der Waals surface area contributed by atoms with Gasteiger partial charge in [0.1, 0.15) is 0 Å². The number of piperazine rings is 1. The molecule has 3 aromatic carbocycles. The highest BCUT2D eigenvalue weighted by Gasteiger charge is 2.22. The number of anilines is 2. The average molecular weight is 533 g/mol.